The second kappa shape index (κ2) is 5.76. The van der Waals surface area contributed by atoms with Crippen LogP contribution < -0.4 is 16.6 Å². The molecular weight excluding hydrogens is 286 g/mol. The van der Waals surface area contributed by atoms with Crippen LogP contribution in [0.3, 0.4) is 0 Å². The lowest BCUT2D eigenvalue weighted by molar-refractivity contribution is 1.10. The number of hydrogen-bond acceptors (Lipinski definition) is 4. The Morgan fingerprint density at radius 3 is 2.38 bits per heavy atom. The minimum absolute atomic E-state index is 0.392. The van der Waals surface area contributed by atoms with Crippen LogP contribution >= 0.6 is 11.6 Å². The molecule has 1 aromatic heterocycles. The summed E-state index contributed by atoms with van der Waals surface area (Å²) >= 11 is 5.91. The first-order valence-electron chi connectivity index (χ1n) is 6.41. The molecule has 5 N–H and O–H groups in total. The van der Waals surface area contributed by atoms with Gasteiger partial charge in [-0.2, -0.15) is 5.10 Å². The molecule has 6 heteroatoms. The van der Waals surface area contributed by atoms with Crippen molar-refractivity contribution in [1.82, 2.24) is 10.2 Å². The third kappa shape index (κ3) is 2.93. The summed E-state index contributed by atoms with van der Waals surface area (Å²) in [6.07, 6.45) is 0. The van der Waals surface area contributed by atoms with Gasteiger partial charge in [0.1, 0.15) is 5.69 Å². The Balaban J connectivity index is 1.85. The average Bonchev–Trinajstić information content (AvgIpc) is 2.88. The molecule has 0 radical (unpaired) electrons. The molecule has 0 bridgehead atoms. The third-order valence-electron chi connectivity index (χ3n) is 3.03. The number of hydrazine groups is 1. The van der Waals surface area contributed by atoms with Crippen LogP contribution in [0.2, 0.25) is 5.02 Å². The molecule has 0 unspecified atom stereocenters. The molecule has 0 aliphatic heterocycles. The van der Waals surface area contributed by atoms with Gasteiger partial charge in [0, 0.05) is 10.6 Å². The van der Waals surface area contributed by atoms with Crippen LogP contribution in [0.5, 0.6) is 0 Å². The summed E-state index contributed by atoms with van der Waals surface area (Å²) in [4.78, 5) is 0. The molecule has 1 heterocycles. The van der Waals surface area contributed by atoms with Gasteiger partial charge < -0.3 is 11.2 Å². The first-order chi connectivity index (χ1) is 10.2. The lowest BCUT2D eigenvalue weighted by Gasteiger charge is -2.10. The van der Waals surface area contributed by atoms with E-state index in [2.05, 4.69) is 21.0 Å². The Morgan fingerprint density at radius 1 is 0.952 bits per heavy atom. The second-order valence-corrected chi connectivity index (χ2v) is 4.92. The zero-order chi connectivity index (χ0) is 14.7. The second-order valence-electron chi connectivity index (χ2n) is 4.48. The van der Waals surface area contributed by atoms with Crippen LogP contribution in [-0.2, 0) is 0 Å². The quantitative estimate of drug-likeness (QED) is 0.553. The van der Waals surface area contributed by atoms with Crippen molar-refractivity contribution >= 4 is 28.8 Å². The van der Waals surface area contributed by atoms with Gasteiger partial charge in [0.25, 0.3) is 0 Å². The minimum atomic E-state index is 0.392. The van der Waals surface area contributed by atoms with Gasteiger partial charge in [0.15, 0.2) is 5.82 Å². The van der Waals surface area contributed by atoms with Crippen LogP contribution in [0, 0.1) is 0 Å². The van der Waals surface area contributed by atoms with Crippen molar-refractivity contribution in [3.05, 3.63) is 59.6 Å². The number of nitrogens with one attached hydrogen (secondary N) is 3. The summed E-state index contributed by atoms with van der Waals surface area (Å²) < 4.78 is 0. The number of rotatable bonds is 4. The van der Waals surface area contributed by atoms with E-state index in [1.54, 1.807) is 0 Å². The van der Waals surface area contributed by atoms with E-state index >= 15 is 0 Å². The van der Waals surface area contributed by atoms with Gasteiger partial charge >= 0.3 is 0 Å². The van der Waals surface area contributed by atoms with Crippen LogP contribution in [0.4, 0.5) is 17.2 Å². The fourth-order valence-electron chi connectivity index (χ4n) is 1.96. The number of aromatic amines is 1. The van der Waals surface area contributed by atoms with E-state index in [0.717, 1.165) is 16.9 Å². The predicted octanol–water partition coefficient (Wildman–Crippen LogP) is 3.75. The molecule has 0 atom stereocenters. The number of hydrogen-bond donors (Lipinski definition) is 4. The van der Waals surface area contributed by atoms with Gasteiger partial charge in [-0.15, -0.1) is 0 Å². The van der Waals surface area contributed by atoms with Gasteiger partial charge in [-0.25, -0.2) is 0 Å². The number of H-pyrrole nitrogens is 1. The summed E-state index contributed by atoms with van der Waals surface area (Å²) in [5.41, 5.74) is 15.5. The number of nitrogens with two attached hydrogens (primary N) is 1. The fourth-order valence-corrected chi connectivity index (χ4v) is 2.09. The van der Waals surface area contributed by atoms with Gasteiger partial charge in [-0.1, -0.05) is 41.9 Å². The Hall–Kier alpha value is -2.66. The zero-order valence-corrected chi connectivity index (χ0v) is 11.9. The monoisotopic (exact) mass is 299 g/mol. The maximum Gasteiger partial charge on any atom is 0.171 e. The standard InChI is InChI=1S/C15H14ClN5/c16-11-8-6-10(7-9-11)13-14(15(17)21-19-13)20-18-12-4-2-1-3-5-12/h1-9,18,20H,(H3,17,19,21). The molecule has 21 heavy (non-hydrogen) atoms. The van der Waals surface area contributed by atoms with Gasteiger partial charge in [-0.3, -0.25) is 10.5 Å². The predicted molar refractivity (Wildman–Crippen MR) is 87.1 cm³/mol. The van der Waals surface area contributed by atoms with Gasteiger partial charge in [-0.05, 0) is 24.3 Å². The highest BCUT2D eigenvalue weighted by molar-refractivity contribution is 6.30. The summed E-state index contributed by atoms with van der Waals surface area (Å²) in [7, 11) is 0. The molecule has 0 saturated heterocycles. The molecule has 0 fully saturated rings. The number of nitrogens with zero attached hydrogens (tertiary/aromatic N) is 1. The van der Waals surface area contributed by atoms with Crippen LogP contribution in [-0.4, -0.2) is 10.2 Å². The number of benzene rings is 2. The average molecular weight is 300 g/mol. The van der Waals surface area contributed by atoms with E-state index in [0.29, 0.717) is 16.5 Å². The molecule has 3 rings (SSSR count). The van der Waals surface area contributed by atoms with Crippen molar-refractivity contribution in [2.45, 2.75) is 0 Å². The molecule has 2 aromatic carbocycles. The largest absolute Gasteiger partial charge is 0.380 e. The number of anilines is 3. The van der Waals surface area contributed by atoms with Crippen molar-refractivity contribution in [1.29, 1.82) is 0 Å². The maximum absolute atomic E-state index is 5.91. The molecule has 0 saturated carbocycles. The Labute approximate surface area is 127 Å². The smallest absolute Gasteiger partial charge is 0.171 e. The number of halogens is 1. The molecule has 106 valence electrons. The Bertz CT molecular complexity index is 722. The highest BCUT2D eigenvalue weighted by Crippen LogP contribution is 2.30. The van der Waals surface area contributed by atoms with Crippen molar-refractivity contribution in [2.24, 2.45) is 0 Å². The van der Waals surface area contributed by atoms with E-state index in [1.807, 2.05) is 54.6 Å². The Kier molecular flexibility index (Phi) is 3.66. The first kappa shape index (κ1) is 13.3. The van der Waals surface area contributed by atoms with Crippen molar-refractivity contribution in [3.63, 3.8) is 0 Å². The zero-order valence-electron chi connectivity index (χ0n) is 11.1. The number of para-hydroxylation sites is 1. The van der Waals surface area contributed by atoms with E-state index in [4.69, 9.17) is 17.3 Å². The molecule has 0 amide bonds. The first-order valence-corrected chi connectivity index (χ1v) is 6.78. The van der Waals surface area contributed by atoms with E-state index in [-0.39, 0.29) is 0 Å². The van der Waals surface area contributed by atoms with E-state index in [1.165, 1.54) is 0 Å². The van der Waals surface area contributed by atoms with E-state index < -0.39 is 0 Å². The molecule has 5 nitrogen and oxygen atoms in total. The molecule has 0 spiro atoms. The molecule has 0 aliphatic carbocycles. The highest BCUT2D eigenvalue weighted by Gasteiger charge is 2.12. The van der Waals surface area contributed by atoms with Gasteiger partial charge in [0.2, 0.25) is 0 Å². The summed E-state index contributed by atoms with van der Waals surface area (Å²) in [5.74, 6) is 0.392. The fraction of sp³-hybridized carbons (Fsp3) is 0. The SMILES string of the molecule is Nc1n[nH]c(-c2ccc(Cl)cc2)c1NNc1ccccc1. The highest BCUT2D eigenvalue weighted by atomic mass is 35.5. The van der Waals surface area contributed by atoms with Crippen molar-refractivity contribution < 1.29 is 0 Å². The van der Waals surface area contributed by atoms with Crippen LogP contribution in [0.25, 0.3) is 11.3 Å². The normalized spacial score (nSPS) is 10.3. The van der Waals surface area contributed by atoms with Gasteiger partial charge in [0.05, 0.1) is 11.4 Å². The number of nitrogen functional groups attached to an aromatic ring is 1. The van der Waals surface area contributed by atoms with Crippen molar-refractivity contribution in [3.8, 4) is 11.3 Å². The van der Waals surface area contributed by atoms with Crippen LogP contribution in [0.1, 0.15) is 0 Å². The topological polar surface area (TPSA) is 78.8 Å². The maximum atomic E-state index is 5.91. The summed E-state index contributed by atoms with van der Waals surface area (Å²) in [6.45, 7) is 0. The molecule has 3 aromatic rings. The summed E-state index contributed by atoms with van der Waals surface area (Å²) in [5, 5.41) is 7.65. The van der Waals surface area contributed by atoms with Crippen molar-refractivity contribution in [2.75, 3.05) is 16.6 Å². The Morgan fingerprint density at radius 2 is 1.67 bits per heavy atom. The summed E-state index contributed by atoms with van der Waals surface area (Å²) in [6, 6.07) is 17.2. The third-order valence-corrected chi connectivity index (χ3v) is 3.28. The van der Waals surface area contributed by atoms with Crippen LogP contribution in [0.15, 0.2) is 54.6 Å². The minimum Gasteiger partial charge on any atom is -0.380 e. The lowest BCUT2D eigenvalue weighted by atomic mass is 10.1. The molecule has 0 aliphatic rings. The number of aromatic nitrogens is 2. The van der Waals surface area contributed by atoms with E-state index in [9.17, 15) is 0 Å². The lowest BCUT2D eigenvalue weighted by Crippen LogP contribution is -2.10. The molecular formula is C15H14ClN5.